The Hall–Kier alpha value is -2.25. The molecule has 0 saturated carbocycles. The molecule has 7 heteroatoms. The fourth-order valence-electron chi connectivity index (χ4n) is 3.69. The van der Waals surface area contributed by atoms with Crippen LogP contribution in [0.25, 0.3) is 0 Å². The van der Waals surface area contributed by atoms with Crippen LogP contribution < -0.4 is 19.7 Å². The zero-order valence-electron chi connectivity index (χ0n) is 18.3. The summed E-state index contributed by atoms with van der Waals surface area (Å²) < 4.78 is 11.7. The Morgan fingerprint density at radius 2 is 1.73 bits per heavy atom. The molecule has 0 spiro atoms. The first-order chi connectivity index (χ1) is 14.3. The summed E-state index contributed by atoms with van der Waals surface area (Å²) in [4.78, 5) is 17.8. The molecule has 1 aliphatic rings. The maximum Gasteiger partial charge on any atom is 0.252 e. The van der Waals surface area contributed by atoms with E-state index in [-0.39, 0.29) is 11.9 Å². The highest BCUT2D eigenvalue weighted by atomic mass is 79.9. The number of aryl methyl sites for hydroxylation is 1. The predicted octanol–water partition coefficient (Wildman–Crippen LogP) is 4.02. The number of carbonyl (C=O) groups excluding carboxylic acids is 1. The number of hydrogen-bond donors (Lipinski definition) is 1. The molecule has 1 aliphatic heterocycles. The summed E-state index contributed by atoms with van der Waals surface area (Å²) in [5.41, 5.74) is 3.63. The first-order valence-electron chi connectivity index (χ1n) is 10.1. The largest absolute Gasteiger partial charge is 0.496 e. The number of nitrogens with one attached hydrogen (secondary N) is 1. The second kappa shape index (κ2) is 9.71. The number of anilines is 1. The molecule has 2 aromatic carbocycles. The minimum atomic E-state index is -0.235. The van der Waals surface area contributed by atoms with E-state index in [2.05, 4.69) is 44.2 Å². The van der Waals surface area contributed by atoms with E-state index >= 15 is 0 Å². The van der Waals surface area contributed by atoms with Gasteiger partial charge in [-0.25, -0.2) is 0 Å². The van der Waals surface area contributed by atoms with Crippen LogP contribution in [0.15, 0.2) is 34.8 Å². The van der Waals surface area contributed by atoms with Crippen LogP contribution in [0.3, 0.4) is 0 Å². The van der Waals surface area contributed by atoms with Crippen LogP contribution in [-0.4, -0.2) is 58.3 Å². The van der Waals surface area contributed by atoms with E-state index < -0.39 is 0 Å². The van der Waals surface area contributed by atoms with Gasteiger partial charge in [0, 0.05) is 49.1 Å². The van der Waals surface area contributed by atoms with E-state index in [1.807, 2.05) is 38.1 Å². The Labute approximate surface area is 187 Å². The average Bonchev–Trinajstić information content (AvgIpc) is 2.74. The highest BCUT2D eigenvalue weighted by molar-refractivity contribution is 9.10. The minimum absolute atomic E-state index is 0.0926. The molecule has 1 heterocycles. The Balaban J connectivity index is 1.80. The molecule has 0 bridgehead atoms. The van der Waals surface area contributed by atoms with E-state index in [1.54, 1.807) is 14.2 Å². The van der Waals surface area contributed by atoms with E-state index in [4.69, 9.17) is 9.47 Å². The summed E-state index contributed by atoms with van der Waals surface area (Å²) in [6.45, 7) is 7.91. The summed E-state index contributed by atoms with van der Waals surface area (Å²) in [6.07, 6.45) is 0. The van der Waals surface area contributed by atoms with E-state index in [0.29, 0.717) is 17.1 Å². The Kier molecular flexibility index (Phi) is 7.26. The van der Waals surface area contributed by atoms with Gasteiger partial charge in [-0.1, -0.05) is 6.07 Å². The summed E-state index contributed by atoms with van der Waals surface area (Å²) in [6, 6.07) is 9.64. The van der Waals surface area contributed by atoms with Gasteiger partial charge in [0.2, 0.25) is 0 Å². The molecule has 6 nitrogen and oxygen atoms in total. The normalized spacial score (nSPS) is 15.6. The van der Waals surface area contributed by atoms with Gasteiger partial charge in [-0.05, 0) is 60.6 Å². The van der Waals surface area contributed by atoms with Gasteiger partial charge in [0.05, 0.1) is 24.7 Å². The lowest BCUT2D eigenvalue weighted by molar-refractivity contribution is 0.0939. The van der Waals surface area contributed by atoms with Gasteiger partial charge in [-0.2, -0.15) is 0 Å². The number of ether oxygens (including phenoxy) is 2. The van der Waals surface area contributed by atoms with E-state index in [0.717, 1.165) is 47.5 Å². The lowest BCUT2D eigenvalue weighted by Crippen LogP contribution is -2.44. The summed E-state index contributed by atoms with van der Waals surface area (Å²) >= 11 is 3.52. The summed E-state index contributed by atoms with van der Waals surface area (Å²) in [5.74, 6) is 1.26. The average molecular weight is 476 g/mol. The number of hydrogen-bond acceptors (Lipinski definition) is 5. The third kappa shape index (κ3) is 4.90. The maximum atomic E-state index is 13.1. The lowest BCUT2D eigenvalue weighted by Gasteiger charge is -2.34. The van der Waals surface area contributed by atoms with Crippen molar-refractivity contribution in [2.45, 2.75) is 19.9 Å². The molecule has 1 fully saturated rings. The van der Waals surface area contributed by atoms with Crippen LogP contribution in [0.4, 0.5) is 5.69 Å². The lowest BCUT2D eigenvalue weighted by atomic mass is 10.0. The first-order valence-corrected chi connectivity index (χ1v) is 10.9. The van der Waals surface area contributed by atoms with Crippen molar-refractivity contribution < 1.29 is 14.3 Å². The second-order valence-electron chi connectivity index (χ2n) is 7.71. The van der Waals surface area contributed by atoms with Crippen LogP contribution in [-0.2, 0) is 0 Å². The fourth-order valence-corrected chi connectivity index (χ4v) is 4.21. The van der Waals surface area contributed by atoms with Crippen molar-refractivity contribution in [3.8, 4) is 11.5 Å². The molecular weight excluding hydrogens is 446 g/mol. The molecule has 2 aromatic rings. The molecule has 30 heavy (non-hydrogen) atoms. The fraction of sp³-hybridized carbons (Fsp3) is 0.435. The van der Waals surface area contributed by atoms with E-state index in [9.17, 15) is 4.79 Å². The predicted molar refractivity (Wildman–Crippen MR) is 124 cm³/mol. The molecule has 162 valence electrons. The molecule has 1 N–H and O–H groups in total. The number of piperazine rings is 1. The van der Waals surface area contributed by atoms with Crippen molar-refractivity contribution in [2.75, 3.05) is 52.3 Å². The van der Waals surface area contributed by atoms with Gasteiger partial charge in [0.15, 0.2) is 0 Å². The van der Waals surface area contributed by atoms with Gasteiger partial charge in [-0.15, -0.1) is 0 Å². The maximum absolute atomic E-state index is 13.1. The van der Waals surface area contributed by atoms with E-state index in [1.165, 1.54) is 0 Å². The molecule has 0 aromatic heterocycles. The molecule has 0 radical (unpaired) electrons. The highest BCUT2D eigenvalue weighted by Gasteiger charge is 2.20. The number of benzene rings is 2. The quantitative estimate of drug-likeness (QED) is 0.683. The van der Waals surface area contributed by atoms with Crippen molar-refractivity contribution in [1.82, 2.24) is 10.2 Å². The molecule has 1 saturated heterocycles. The van der Waals surface area contributed by atoms with Gasteiger partial charge >= 0.3 is 0 Å². The molecule has 1 atom stereocenters. The van der Waals surface area contributed by atoms with Crippen LogP contribution in [0.5, 0.6) is 11.5 Å². The Morgan fingerprint density at radius 3 is 2.37 bits per heavy atom. The molecular formula is C23H30BrN3O3. The van der Waals surface area contributed by atoms with Crippen molar-refractivity contribution in [2.24, 2.45) is 0 Å². The van der Waals surface area contributed by atoms with Crippen LogP contribution in [0, 0.1) is 6.92 Å². The number of methoxy groups -OCH3 is 2. The monoisotopic (exact) mass is 475 g/mol. The van der Waals surface area contributed by atoms with Gasteiger partial charge in [0.25, 0.3) is 5.91 Å². The minimum Gasteiger partial charge on any atom is -0.496 e. The smallest absolute Gasteiger partial charge is 0.252 e. The zero-order chi connectivity index (χ0) is 21.8. The van der Waals surface area contributed by atoms with Gasteiger partial charge in [-0.3, -0.25) is 4.79 Å². The van der Waals surface area contributed by atoms with Crippen LogP contribution >= 0.6 is 15.9 Å². The highest BCUT2D eigenvalue weighted by Crippen LogP contribution is 2.36. The number of amides is 1. The van der Waals surface area contributed by atoms with Gasteiger partial charge in [0.1, 0.15) is 11.5 Å². The van der Waals surface area contributed by atoms with Crippen LogP contribution in [0.1, 0.15) is 34.5 Å². The number of rotatable bonds is 6. The molecule has 3 rings (SSSR count). The zero-order valence-corrected chi connectivity index (χ0v) is 19.9. The topological polar surface area (TPSA) is 54.0 Å². The van der Waals surface area contributed by atoms with Crippen molar-refractivity contribution >= 4 is 27.5 Å². The Bertz CT molecular complexity index is 911. The van der Waals surface area contributed by atoms with Crippen molar-refractivity contribution in [1.29, 1.82) is 0 Å². The number of carbonyl (C=O) groups is 1. The third-order valence-corrected chi connectivity index (χ3v) is 6.27. The van der Waals surface area contributed by atoms with Crippen LogP contribution in [0.2, 0.25) is 0 Å². The van der Waals surface area contributed by atoms with Crippen molar-refractivity contribution in [3.63, 3.8) is 0 Å². The Morgan fingerprint density at radius 1 is 1.07 bits per heavy atom. The second-order valence-corrected chi connectivity index (χ2v) is 8.57. The standard InChI is InChI=1S/C23H30BrN3O3/c1-15-6-7-17(27-10-8-26(3)9-11-27)12-18(15)23(28)25-16(2)19-13-20(24)22(30-5)14-21(19)29-4/h6-7,12-14,16H,8-11H2,1-5H3,(H,25,28)/t16-/m1/s1. The summed E-state index contributed by atoms with van der Waals surface area (Å²) in [7, 11) is 5.36. The number of nitrogens with zero attached hydrogens (tertiary/aromatic N) is 2. The number of halogens is 1. The molecule has 0 unspecified atom stereocenters. The van der Waals surface area contributed by atoms with Crippen molar-refractivity contribution in [3.05, 3.63) is 51.5 Å². The first kappa shape index (κ1) is 22.4. The molecule has 0 aliphatic carbocycles. The number of likely N-dealkylation sites (N-methyl/N-ethyl adjacent to an activating group) is 1. The van der Waals surface area contributed by atoms with Gasteiger partial charge < -0.3 is 24.6 Å². The SMILES string of the molecule is COc1cc(OC)c([C@@H](C)NC(=O)c2cc(N3CCN(C)CC3)ccc2C)cc1Br. The summed E-state index contributed by atoms with van der Waals surface area (Å²) in [5, 5.41) is 3.12. The third-order valence-electron chi connectivity index (χ3n) is 5.65. The molecule has 1 amide bonds.